The standard InChI is InChI=1S/C66H76N8O2.2Pt/c1-61(2,3)41-23-37(47-32-67-34-53-55(47)71-59(73(53)19)45-27-43(63(7,8)9)29-49(57(45)75)65(13,14)15)21-39(25-41)51-31-52(70-36-69-51)40-22-38(24-42(26-40)62(4,5)6)48-33-68-35-54-56(48)72-60(74(54)20)46-28-44(64(10,11)12)30-50(58(46)76)66(16,17)18;;/h23-36,75-76H,1-20H3;;/q-2;;. The Kier molecular flexibility index (Phi) is 15.9. The van der Waals surface area contributed by atoms with Gasteiger partial charge >= 0.3 is 0 Å². The van der Waals surface area contributed by atoms with Gasteiger partial charge in [0, 0.05) is 91.1 Å². The molecule has 0 aliphatic heterocycles. The first kappa shape index (κ1) is 59.8. The number of benzene rings is 4. The molecule has 5 aromatic heterocycles. The molecule has 5 heterocycles. The van der Waals surface area contributed by atoms with Crippen LogP contribution in [0.5, 0.6) is 11.5 Å². The summed E-state index contributed by atoms with van der Waals surface area (Å²) in [6, 6.07) is 26.7. The van der Waals surface area contributed by atoms with Crippen LogP contribution in [-0.2, 0) is 88.7 Å². The van der Waals surface area contributed by atoms with E-state index in [-0.39, 0.29) is 86.1 Å². The Balaban J connectivity index is 0.00000441. The molecule has 9 rings (SSSR count). The van der Waals surface area contributed by atoms with Crippen molar-refractivity contribution in [1.82, 2.24) is 39.0 Å². The number of hydrogen-bond acceptors (Lipinski definition) is 8. The minimum absolute atomic E-state index is 0. The van der Waals surface area contributed by atoms with Crippen molar-refractivity contribution in [3.63, 3.8) is 0 Å². The summed E-state index contributed by atoms with van der Waals surface area (Å²) in [6.07, 6.45) is 9.03. The number of fused-ring (bicyclic) bond motifs is 2. The van der Waals surface area contributed by atoms with Crippen molar-refractivity contribution < 1.29 is 52.3 Å². The fraction of sp³-hybridized carbons (Fsp3) is 0.394. The number of rotatable bonds is 6. The number of aromatic nitrogens is 8. The van der Waals surface area contributed by atoms with Crippen LogP contribution in [0.1, 0.15) is 158 Å². The van der Waals surface area contributed by atoms with Gasteiger partial charge in [0.25, 0.3) is 0 Å². The molecule has 0 saturated carbocycles. The molecule has 0 radical (unpaired) electrons. The molecule has 4 aromatic carbocycles. The maximum atomic E-state index is 12.0. The third-order valence-electron chi connectivity index (χ3n) is 14.9. The van der Waals surface area contributed by atoms with Crippen LogP contribution in [0.15, 0.2) is 85.7 Å². The zero-order valence-corrected chi connectivity index (χ0v) is 53.7. The van der Waals surface area contributed by atoms with Gasteiger partial charge in [0.2, 0.25) is 0 Å². The van der Waals surface area contributed by atoms with E-state index in [4.69, 9.17) is 29.9 Å². The Labute approximate surface area is 491 Å². The predicted molar refractivity (Wildman–Crippen MR) is 312 cm³/mol. The predicted octanol–water partition coefficient (Wildman–Crippen LogP) is 15.8. The Bertz CT molecular complexity index is 3530. The molecule has 0 spiro atoms. The molecular weight excluding hydrogens is 1330 g/mol. The summed E-state index contributed by atoms with van der Waals surface area (Å²) in [5, 5.41) is 24.0. The van der Waals surface area contributed by atoms with Gasteiger partial charge in [0.15, 0.2) is 0 Å². The van der Waals surface area contributed by atoms with Gasteiger partial charge in [0.1, 0.15) is 23.1 Å². The first-order valence-electron chi connectivity index (χ1n) is 26.5. The summed E-state index contributed by atoms with van der Waals surface area (Å²) in [7, 11) is 3.98. The fourth-order valence-electron chi connectivity index (χ4n) is 9.92. The molecule has 78 heavy (non-hydrogen) atoms. The number of phenolic OH excluding ortho intramolecular Hbond substituents is 2. The molecule has 0 aliphatic rings. The summed E-state index contributed by atoms with van der Waals surface area (Å²) in [5.41, 5.74) is 15.7. The maximum Gasteiger partial charge on any atom is 0.143 e. The van der Waals surface area contributed by atoms with Crippen molar-refractivity contribution in [3.8, 4) is 79.0 Å². The Hall–Kier alpha value is -5.82. The normalized spacial score (nSPS) is 12.8. The van der Waals surface area contributed by atoms with Gasteiger partial charge in [-0.3, -0.25) is 19.9 Å². The molecule has 9 aromatic rings. The molecule has 0 bridgehead atoms. The van der Waals surface area contributed by atoms with Crippen molar-refractivity contribution in [3.05, 3.63) is 131 Å². The van der Waals surface area contributed by atoms with Crippen LogP contribution in [-0.4, -0.2) is 49.3 Å². The molecule has 0 aliphatic carbocycles. The smallest absolute Gasteiger partial charge is 0.143 e. The van der Waals surface area contributed by atoms with Crippen LogP contribution in [0.3, 0.4) is 0 Å². The molecule has 0 atom stereocenters. The van der Waals surface area contributed by atoms with Gasteiger partial charge in [0.05, 0.1) is 51.9 Å². The van der Waals surface area contributed by atoms with E-state index in [2.05, 4.69) is 185 Å². The molecule has 10 nitrogen and oxygen atoms in total. The second-order valence-electron chi connectivity index (χ2n) is 27.1. The third kappa shape index (κ3) is 11.3. The topological polar surface area (TPSA) is 128 Å². The van der Waals surface area contributed by atoms with E-state index in [0.717, 1.165) is 88.8 Å². The Morgan fingerprint density at radius 1 is 0.385 bits per heavy atom. The van der Waals surface area contributed by atoms with Crippen LogP contribution >= 0.6 is 0 Å². The second kappa shape index (κ2) is 20.7. The first-order chi connectivity index (χ1) is 35.1. The van der Waals surface area contributed by atoms with Gasteiger partial charge in [-0.25, -0.2) is 9.97 Å². The van der Waals surface area contributed by atoms with Crippen LogP contribution in [0, 0.1) is 12.1 Å². The Morgan fingerprint density at radius 2 is 0.705 bits per heavy atom. The van der Waals surface area contributed by atoms with Crippen molar-refractivity contribution in [1.29, 1.82) is 0 Å². The first-order valence-corrected chi connectivity index (χ1v) is 26.5. The summed E-state index contributed by atoms with van der Waals surface area (Å²) in [4.78, 5) is 30.0. The summed E-state index contributed by atoms with van der Waals surface area (Å²) in [6.45, 7) is 39.2. The van der Waals surface area contributed by atoms with E-state index in [1.54, 1.807) is 6.33 Å². The summed E-state index contributed by atoms with van der Waals surface area (Å²) >= 11 is 0. The molecule has 12 heteroatoms. The monoisotopic (exact) mass is 1400 g/mol. The molecule has 0 amide bonds. The van der Waals surface area contributed by atoms with Crippen LogP contribution in [0.4, 0.5) is 0 Å². The summed E-state index contributed by atoms with van der Waals surface area (Å²) in [5.74, 6) is 1.80. The zero-order chi connectivity index (χ0) is 55.6. The van der Waals surface area contributed by atoms with E-state index in [9.17, 15) is 10.2 Å². The van der Waals surface area contributed by atoms with Gasteiger partial charge in [-0.1, -0.05) is 154 Å². The third-order valence-corrected chi connectivity index (χ3v) is 14.9. The maximum absolute atomic E-state index is 12.0. The number of imidazole rings is 2. The van der Waals surface area contributed by atoms with Crippen LogP contribution in [0.25, 0.3) is 89.6 Å². The molecule has 2 N–H and O–H groups in total. The molecular formula is C66H76N8O2Pt2-2. The Morgan fingerprint density at radius 3 is 1.03 bits per heavy atom. The van der Waals surface area contributed by atoms with E-state index in [1.165, 1.54) is 0 Å². The molecule has 414 valence electrons. The molecule has 0 saturated heterocycles. The van der Waals surface area contributed by atoms with Crippen molar-refractivity contribution in [2.75, 3.05) is 0 Å². The van der Waals surface area contributed by atoms with E-state index in [1.807, 2.05) is 54.1 Å². The number of aromatic hydroxyl groups is 2. The average molecular weight is 1400 g/mol. The second-order valence-corrected chi connectivity index (χ2v) is 27.1. The van der Waals surface area contributed by atoms with E-state index in [0.29, 0.717) is 34.2 Å². The largest absolute Gasteiger partial charge is 0.507 e. The van der Waals surface area contributed by atoms with E-state index < -0.39 is 0 Å². The van der Waals surface area contributed by atoms with E-state index >= 15 is 0 Å². The minimum atomic E-state index is -0.299. The van der Waals surface area contributed by atoms with Gasteiger partial charge in [-0.05, 0) is 66.9 Å². The fourth-order valence-corrected chi connectivity index (χ4v) is 9.92. The van der Waals surface area contributed by atoms with Crippen LogP contribution in [0.2, 0.25) is 0 Å². The summed E-state index contributed by atoms with van der Waals surface area (Å²) < 4.78 is 4.06. The number of pyridine rings is 2. The number of aryl methyl sites for hydroxylation is 2. The van der Waals surface area contributed by atoms with Gasteiger partial charge in [-0.15, -0.1) is 58.7 Å². The van der Waals surface area contributed by atoms with Gasteiger partial charge in [-0.2, -0.15) is 0 Å². The van der Waals surface area contributed by atoms with Crippen molar-refractivity contribution in [2.45, 2.75) is 157 Å². The van der Waals surface area contributed by atoms with Gasteiger partial charge < -0.3 is 19.3 Å². The number of nitrogens with zero attached hydrogens (tertiary/aromatic N) is 8. The minimum Gasteiger partial charge on any atom is -0.507 e. The quantitative estimate of drug-likeness (QED) is 0.158. The average Bonchev–Trinajstić information content (AvgIpc) is 3.88. The zero-order valence-electron chi connectivity index (χ0n) is 49.2. The van der Waals surface area contributed by atoms with Crippen molar-refractivity contribution in [2.24, 2.45) is 14.1 Å². The van der Waals surface area contributed by atoms with Crippen LogP contribution < -0.4 is 0 Å². The molecule has 0 unspecified atom stereocenters. The van der Waals surface area contributed by atoms with Crippen molar-refractivity contribution >= 4 is 22.1 Å². The molecule has 0 fully saturated rings. The number of phenols is 2. The SMILES string of the molecule is Cn1c(-c2cc(C(C)(C)C)cc(C(C)(C)C)c2O)nc2c(-c3[c-]c(-c4cc(-c5[c-]c(-c6cncc7c6nc(-c6cc(C(C)(C)C)cc(C(C)(C)C)c6O)n7C)cc(C(C)(C)C)c5)ncn4)cc(C(C)(C)C)c3)cncc21.[Pt].[Pt]. The number of hydrogen-bond donors (Lipinski definition) is 2.